The number of likely N-dealkylation sites (tertiary alicyclic amines) is 1. The molecule has 0 spiro atoms. The molecule has 0 radical (unpaired) electrons. The second kappa shape index (κ2) is 8.34. The Balaban J connectivity index is 1.87. The van der Waals surface area contributed by atoms with E-state index in [0.717, 1.165) is 56.6 Å². The molecule has 1 amide bonds. The highest BCUT2D eigenvalue weighted by Gasteiger charge is 2.40. The average molecular weight is 431 g/mol. The van der Waals surface area contributed by atoms with Crippen molar-refractivity contribution in [2.75, 3.05) is 20.2 Å². The first-order valence-corrected chi connectivity index (χ1v) is 10.9. The van der Waals surface area contributed by atoms with Gasteiger partial charge in [-0.15, -0.1) is 0 Å². The summed E-state index contributed by atoms with van der Waals surface area (Å²) in [6.07, 6.45) is 5.12. The number of halogens is 1. The van der Waals surface area contributed by atoms with Gasteiger partial charge in [-0.2, -0.15) is 0 Å². The molecule has 0 unspecified atom stereocenters. The summed E-state index contributed by atoms with van der Waals surface area (Å²) in [5.41, 5.74) is 3.55. The number of methoxy groups -OCH3 is 1. The summed E-state index contributed by atoms with van der Waals surface area (Å²) in [7, 11) is 1.45. The summed E-state index contributed by atoms with van der Waals surface area (Å²) in [6.45, 7) is 3.34. The van der Waals surface area contributed by atoms with E-state index in [0.29, 0.717) is 23.1 Å². The van der Waals surface area contributed by atoms with Crippen molar-refractivity contribution < 1.29 is 19.4 Å². The summed E-state index contributed by atoms with van der Waals surface area (Å²) in [5.74, 6) is -0.448. The number of Topliss-reactive ketones (excluding diaryl/α,β-unsaturated/α-hetero) is 1. The number of ketones is 1. The molecule has 1 fully saturated rings. The number of dihydropyridines is 1. The molecule has 6 nitrogen and oxygen atoms in total. The van der Waals surface area contributed by atoms with Gasteiger partial charge in [0.05, 0.1) is 12.1 Å². The van der Waals surface area contributed by atoms with Crippen molar-refractivity contribution in [2.45, 2.75) is 51.4 Å². The maximum atomic E-state index is 13.6. The molecular formula is C23H27ClN2O4. The normalized spacial score (nSPS) is 22.0. The number of amides is 1. The molecule has 1 atom stereocenters. The molecule has 0 aromatic heterocycles. The molecule has 2 N–H and O–H groups in total. The SMILES string of the molecule is COc1cc([C@@H]2C(C(=O)N3CCCCC3)=C(C)NC3=C2C(=O)CCC3)cc(Cl)c1O. The number of phenolic OH excluding ortho intramolecular Hbond substituents is 1. The second-order valence-electron chi connectivity index (χ2n) is 8.17. The van der Waals surface area contributed by atoms with Crippen LogP contribution in [0, 0.1) is 0 Å². The molecule has 1 aromatic carbocycles. The van der Waals surface area contributed by atoms with E-state index in [4.69, 9.17) is 16.3 Å². The molecule has 1 aromatic rings. The second-order valence-corrected chi connectivity index (χ2v) is 8.58. The van der Waals surface area contributed by atoms with Crippen LogP contribution >= 0.6 is 11.6 Å². The Morgan fingerprint density at radius 3 is 2.63 bits per heavy atom. The molecule has 7 heteroatoms. The number of phenols is 1. The van der Waals surface area contributed by atoms with Crippen LogP contribution < -0.4 is 10.1 Å². The molecule has 160 valence electrons. The lowest BCUT2D eigenvalue weighted by Crippen LogP contribution is -2.42. The van der Waals surface area contributed by atoms with Gasteiger partial charge in [-0.3, -0.25) is 9.59 Å². The lowest BCUT2D eigenvalue weighted by Gasteiger charge is -2.37. The Morgan fingerprint density at radius 2 is 1.93 bits per heavy atom. The summed E-state index contributed by atoms with van der Waals surface area (Å²) < 4.78 is 5.30. The zero-order valence-corrected chi connectivity index (χ0v) is 18.1. The summed E-state index contributed by atoms with van der Waals surface area (Å²) >= 11 is 6.28. The minimum Gasteiger partial charge on any atom is -0.503 e. The van der Waals surface area contributed by atoms with Crippen molar-refractivity contribution >= 4 is 23.3 Å². The molecule has 2 heterocycles. The third-order valence-electron chi connectivity index (χ3n) is 6.25. The van der Waals surface area contributed by atoms with Crippen LogP contribution in [0.3, 0.4) is 0 Å². The van der Waals surface area contributed by atoms with E-state index in [1.54, 1.807) is 12.1 Å². The lowest BCUT2D eigenvalue weighted by molar-refractivity contribution is -0.128. The molecule has 3 aliphatic rings. The standard InChI is InChI=1S/C23H27ClN2O4/c1-13-19(23(29)26-9-4-3-5-10-26)20(21-16(25-13)7-6-8-17(21)27)14-11-15(24)22(28)18(12-14)30-2/h11-12,20,25,28H,3-10H2,1-2H3/t20-/m1/s1. The Kier molecular flexibility index (Phi) is 5.78. The Morgan fingerprint density at radius 1 is 1.20 bits per heavy atom. The van der Waals surface area contributed by atoms with Gasteiger partial charge in [-0.05, 0) is 56.7 Å². The van der Waals surface area contributed by atoms with Gasteiger partial charge in [-0.25, -0.2) is 0 Å². The summed E-state index contributed by atoms with van der Waals surface area (Å²) in [6, 6.07) is 3.32. The number of hydrogen-bond donors (Lipinski definition) is 2. The number of nitrogens with zero attached hydrogens (tertiary/aromatic N) is 1. The number of piperidine rings is 1. The Bertz CT molecular complexity index is 960. The molecule has 1 aliphatic carbocycles. The van der Waals surface area contributed by atoms with Crippen molar-refractivity contribution in [3.63, 3.8) is 0 Å². The fraction of sp³-hybridized carbons (Fsp3) is 0.478. The van der Waals surface area contributed by atoms with E-state index >= 15 is 0 Å². The highest BCUT2D eigenvalue weighted by molar-refractivity contribution is 6.32. The van der Waals surface area contributed by atoms with Crippen LogP contribution in [0.2, 0.25) is 5.02 Å². The van der Waals surface area contributed by atoms with Gasteiger partial charge in [0.2, 0.25) is 0 Å². The highest BCUT2D eigenvalue weighted by Crippen LogP contribution is 2.46. The van der Waals surface area contributed by atoms with Gasteiger partial charge in [0.25, 0.3) is 5.91 Å². The van der Waals surface area contributed by atoms with Gasteiger partial charge in [0.15, 0.2) is 17.3 Å². The first-order valence-electron chi connectivity index (χ1n) is 10.5. The van der Waals surface area contributed by atoms with Crippen molar-refractivity contribution in [3.8, 4) is 11.5 Å². The van der Waals surface area contributed by atoms with Crippen LogP contribution in [0.4, 0.5) is 0 Å². The van der Waals surface area contributed by atoms with Crippen LogP contribution in [0.1, 0.15) is 56.9 Å². The molecule has 30 heavy (non-hydrogen) atoms. The summed E-state index contributed by atoms with van der Waals surface area (Å²) in [5, 5.41) is 13.7. The Labute approximate surface area is 181 Å². The third-order valence-corrected chi connectivity index (χ3v) is 6.54. The molecule has 0 saturated carbocycles. The number of aromatic hydroxyl groups is 1. The number of nitrogens with one attached hydrogen (secondary N) is 1. The third kappa shape index (κ3) is 3.58. The number of allylic oxidation sites excluding steroid dienone is 3. The van der Waals surface area contributed by atoms with Gasteiger partial charge < -0.3 is 20.1 Å². The van der Waals surface area contributed by atoms with Gasteiger partial charge >= 0.3 is 0 Å². The van der Waals surface area contributed by atoms with Gasteiger partial charge in [0.1, 0.15) is 0 Å². The minimum atomic E-state index is -0.532. The van der Waals surface area contributed by atoms with Crippen LogP contribution in [0.25, 0.3) is 0 Å². The molecule has 4 rings (SSSR count). The fourth-order valence-corrected chi connectivity index (χ4v) is 5.00. The van der Waals surface area contributed by atoms with E-state index < -0.39 is 5.92 Å². The monoisotopic (exact) mass is 430 g/mol. The zero-order chi connectivity index (χ0) is 21.4. The summed E-state index contributed by atoms with van der Waals surface area (Å²) in [4.78, 5) is 28.5. The van der Waals surface area contributed by atoms with E-state index in [-0.39, 0.29) is 28.2 Å². The van der Waals surface area contributed by atoms with E-state index in [1.807, 2.05) is 11.8 Å². The highest BCUT2D eigenvalue weighted by atomic mass is 35.5. The molecule has 2 aliphatic heterocycles. The van der Waals surface area contributed by atoms with E-state index in [2.05, 4.69) is 5.32 Å². The molecule has 0 bridgehead atoms. The van der Waals surface area contributed by atoms with Crippen LogP contribution in [0.15, 0.2) is 34.7 Å². The first kappa shape index (κ1) is 20.8. The number of rotatable bonds is 3. The van der Waals surface area contributed by atoms with Crippen LogP contribution in [0.5, 0.6) is 11.5 Å². The van der Waals surface area contributed by atoms with Crippen molar-refractivity contribution in [1.82, 2.24) is 10.2 Å². The number of carbonyl (C=O) groups excluding carboxylic acids is 2. The number of carbonyl (C=O) groups is 2. The van der Waals surface area contributed by atoms with Gasteiger partial charge in [-0.1, -0.05) is 11.6 Å². The number of hydrogen-bond acceptors (Lipinski definition) is 5. The fourth-order valence-electron chi connectivity index (χ4n) is 4.78. The predicted octanol–water partition coefficient (Wildman–Crippen LogP) is 4.03. The topological polar surface area (TPSA) is 78.9 Å². The molecule has 1 saturated heterocycles. The van der Waals surface area contributed by atoms with E-state index in [1.165, 1.54) is 7.11 Å². The predicted molar refractivity (Wildman–Crippen MR) is 115 cm³/mol. The zero-order valence-electron chi connectivity index (χ0n) is 17.4. The van der Waals surface area contributed by atoms with Crippen molar-refractivity contribution in [3.05, 3.63) is 45.3 Å². The van der Waals surface area contributed by atoms with Crippen LogP contribution in [-0.2, 0) is 9.59 Å². The quantitative estimate of drug-likeness (QED) is 0.756. The van der Waals surface area contributed by atoms with Crippen molar-refractivity contribution in [2.24, 2.45) is 0 Å². The minimum absolute atomic E-state index is 0.0437. The maximum absolute atomic E-state index is 13.6. The van der Waals surface area contributed by atoms with E-state index in [9.17, 15) is 14.7 Å². The van der Waals surface area contributed by atoms with Crippen LogP contribution in [-0.4, -0.2) is 41.9 Å². The van der Waals surface area contributed by atoms with Gasteiger partial charge in [0, 0.05) is 48.0 Å². The first-order chi connectivity index (χ1) is 14.4. The smallest absolute Gasteiger partial charge is 0.252 e. The number of ether oxygens (including phenoxy) is 1. The largest absolute Gasteiger partial charge is 0.503 e. The molecular weight excluding hydrogens is 404 g/mol. The number of benzene rings is 1. The maximum Gasteiger partial charge on any atom is 0.252 e. The lowest BCUT2D eigenvalue weighted by atomic mass is 9.74. The van der Waals surface area contributed by atoms with Crippen molar-refractivity contribution in [1.29, 1.82) is 0 Å². The average Bonchev–Trinajstić information content (AvgIpc) is 2.75. The Hall–Kier alpha value is -2.47.